The third-order valence-electron chi connectivity index (χ3n) is 4.96. The Morgan fingerprint density at radius 3 is 1.46 bits per heavy atom. The standard InChI is InChI=1S/C26H46/c1-4-7-8-9-10-11-12-13-14-15-16-17-18-19-20-21-22-23-25-26(6-3)24-5-2/h10-11,13-14,16-17,19-20,26H,4-9,12,15,18,21-25H2,1-3H3/b11-10-,14-13-,17-16-,20-19-. The highest BCUT2D eigenvalue weighted by atomic mass is 14.1. The molecule has 0 heteroatoms. The smallest absolute Gasteiger partial charge is 0.0169 e. The van der Waals surface area contributed by atoms with Crippen LogP contribution in [0.2, 0.25) is 0 Å². The van der Waals surface area contributed by atoms with Crippen LogP contribution in [0.25, 0.3) is 0 Å². The first-order valence-corrected chi connectivity index (χ1v) is 11.4. The average Bonchev–Trinajstić information content (AvgIpc) is 2.66. The first-order valence-electron chi connectivity index (χ1n) is 11.4. The fourth-order valence-corrected chi connectivity index (χ4v) is 3.22. The van der Waals surface area contributed by atoms with Crippen molar-refractivity contribution in [2.75, 3.05) is 0 Å². The summed E-state index contributed by atoms with van der Waals surface area (Å²) in [4.78, 5) is 0. The molecule has 0 aliphatic carbocycles. The second kappa shape index (κ2) is 22.0. The lowest BCUT2D eigenvalue weighted by molar-refractivity contribution is 0.414. The molecule has 0 aromatic rings. The number of hydrogen-bond acceptors (Lipinski definition) is 0. The molecule has 0 aromatic heterocycles. The molecule has 26 heavy (non-hydrogen) atoms. The van der Waals surface area contributed by atoms with Crippen molar-refractivity contribution in [3.8, 4) is 0 Å². The van der Waals surface area contributed by atoms with Crippen LogP contribution >= 0.6 is 0 Å². The maximum absolute atomic E-state index is 2.37. The van der Waals surface area contributed by atoms with Gasteiger partial charge in [-0.15, -0.1) is 0 Å². The first-order chi connectivity index (χ1) is 12.8. The van der Waals surface area contributed by atoms with Gasteiger partial charge in [-0.25, -0.2) is 0 Å². The Morgan fingerprint density at radius 2 is 1.00 bits per heavy atom. The van der Waals surface area contributed by atoms with Crippen LogP contribution in [0.1, 0.15) is 111 Å². The van der Waals surface area contributed by atoms with Crippen LogP contribution in [-0.2, 0) is 0 Å². The van der Waals surface area contributed by atoms with Gasteiger partial charge in [-0.2, -0.15) is 0 Å². The van der Waals surface area contributed by atoms with Crippen molar-refractivity contribution >= 4 is 0 Å². The third kappa shape index (κ3) is 19.3. The van der Waals surface area contributed by atoms with Gasteiger partial charge in [0.15, 0.2) is 0 Å². The highest BCUT2D eigenvalue weighted by molar-refractivity contribution is 4.99. The van der Waals surface area contributed by atoms with Crippen LogP contribution in [0.3, 0.4) is 0 Å². The second-order valence-corrected chi connectivity index (χ2v) is 7.44. The molecule has 0 spiro atoms. The van der Waals surface area contributed by atoms with E-state index in [1.807, 2.05) is 0 Å². The van der Waals surface area contributed by atoms with Crippen LogP contribution in [0.5, 0.6) is 0 Å². The molecule has 1 atom stereocenters. The van der Waals surface area contributed by atoms with Crippen molar-refractivity contribution in [1.82, 2.24) is 0 Å². The van der Waals surface area contributed by atoms with E-state index in [9.17, 15) is 0 Å². The van der Waals surface area contributed by atoms with Gasteiger partial charge in [0.2, 0.25) is 0 Å². The minimum absolute atomic E-state index is 0.969. The summed E-state index contributed by atoms with van der Waals surface area (Å²) in [7, 11) is 0. The topological polar surface area (TPSA) is 0 Å². The minimum Gasteiger partial charge on any atom is -0.0882 e. The summed E-state index contributed by atoms with van der Waals surface area (Å²) in [5, 5.41) is 0. The van der Waals surface area contributed by atoms with Gasteiger partial charge in [0.25, 0.3) is 0 Å². The molecule has 0 saturated heterocycles. The van der Waals surface area contributed by atoms with Crippen molar-refractivity contribution < 1.29 is 0 Å². The molecule has 0 amide bonds. The van der Waals surface area contributed by atoms with Gasteiger partial charge in [0.1, 0.15) is 0 Å². The van der Waals surface area contributed by atoms with E-state index >= 15 is 0 Å². The molecule has 0 aliphatic heterocycles. The van der Waals surface area contributed by atoms with Crippen LogP contribution in [0.15, 0.2) is 48.6 Å². The quantitative estimate of drug-likeness (QED) is 0.169. The van der Waals surface area contributed by atoms with Gasteiger partial charge in [0, 0.05) is 0 Å². The van der Waals surface area contributed by atoms with Gasteiger partial charge in [0.05, 0.1) is 0 Å². The lowest BCUT2D eigenvalue weighted by atomic mass is 9.94. The Kier molecular flexibility index (Phi) is 21.1. The zero-order valence-corrected chi connectivity index (χ0v) is 18.1. The van der Waals surface area contributed by atoms with E-state index in [0.717, 1.165) is 25.2 Å². The van der Waals surface area contributed by atoms with E-state index in [2.05, 4.69) is 69.4 Å². The zero-order chi connectivity index (χ0) is 19.1. The van der Waals surface area contributed by atoms with E-state index < -0.39 is 0 Å². The number of rotatable bonds is 18. The Bertz CT molecular complexity index is 369. The molecule has 0 saturated carbocycles. The predicted molar refractivity (Wildman–Crippen MR) is 122 cm³/mol. The van der Waals surface area contributed by atoms with Crippen molar-refractivity contribution in [3.05, 3.63) is 48.6 Å². The fraction of sp³-hybridized carbons (Fsp3) is 0.692. The van der Waals surface area contributed by atoms with Gasteiger partial charge in [-0.1, -0.05) is 114 Å². The Morgan fingerprint density at radius 1 is 0.500 bits per heavy atom. The minimum atomic E-state index is 0.969. The summed E-state index contributed by atoms with van der Waals surface area (Å²) in [6, 6.07) is 0. The van der Waals surface area contributed by atoms with Gasteiger partial charge in [-0.3, -0.25) is 0 Å². The number of unbranched alkanes of at least 4 members (excludes halogenated alkanes) is 5. The fourth-order valence-electron chi connectivity index (χ4n) is 3.22. The SMILES string of the molecule is CCCCC/C=C\C/C=C\C/C=C\C/C=C\CCCCC(CC)CCC. The molecule has 0 nitrogen and oxygen atoms in total. The molecule has 0 radical (unpaired) electrons. The average molecular weight is 359 g/mol. The predicted octanol–water partition coefficient (Wildman–Crippen LogP) is 9.35. The number of hydrogen-bond donors (Lipinski definition) is 0. The summed E-state index contributed by atoms with van der Waals surface area (Å²) >= 11 is 0. The molecular formula is C26H46. The van der Waals surface area contributed by atoms with Crippen LogP contribution in [0, 0.1) is 5.92 Å². The molecule has 150 valence electrons. The van der Waals surface area contributed by atoms with Crippen LogP contribution < -0.4 is 0 Å². The highest BCUT2D eigenvalue weighted by Crippen LogP contribution is 2.18. The lowest BCUT2D eigenvalue weighted by Gasteiger charge is -2.12. The monoisotopic (exact) mass is 358 g/mol. The normalized spacial score (nSPS) is 13.8. The van der Waals surface area contributed by atoms with E-state index in [0.29, 0.717) is 0 Å². The lowest BCUT2D eigenvalue weighted by Crippen LogP contribution is -1.97. The van der Waals surface area contributed by atoms with Crippen LogP contribution in [-0.4, -0.2) is 0 Å². The summed E-state index contributed by atoms with van der Waals surface area (Å²) in [5.41, 5.74) is 0. The maximum Gasteiger partial charge on any atom is -0.0169 e. The van der Waals surface area contributed by atoms with Crippen molar-refractivity contribution in [2.24, 2.45) is 5.92 Å². The van der Waals surface area contributed by atoms with Crippen molar-refractivity contribution in [3.63, 3.8) is 0 Å². The highest BCUT2D eigenvalue weighted by Gasteiger charge is 2.03. The van der Waals surface area contributed by atoms with E-state index in [-0.39, 0.29) is 0 Å². The molecule has 0 heterocycles. The van der Waals surface area contributed by atoms with Crippen molar-refractivity contribution in [2.45, 2.75) is 111 Å². The van der Waals surface area contributed by atoms with E-state index in [1.54, 1.807) is 0 Å². The van der Waals surface area contributed by atoms with Gasteiger partial charge < -0.3 is 0 Å². The maximum atomic E-state index is 2.37. The third-order valence-corrected chi connectivity index (χ3v) is 4.96. The molecule has 0 fully saturated rings. The van der Waals surface area contributed by atoms with Crippen LogP contribution in [0.4, 0.5) is 0 Å². The summed E-state index contributed by atoms with van der Waals surface area (Å²) in [6.45, 7) is 6.90. The molecule has 0 rings (SSSR count). The molecule has 0 aromatic carbocycles. The summed E-state index contributed by atoms with van der Waals surface area (Å²) in [6.07, 6.45) is 36.5. The van der Waals surface area contributed by atoms with Gasteiger partial charge >= 0.3 is 0 Å². The molecule has 1 unspecified atom stereocenters. The molecule has 0 N–H and O–H groups in total. The second-order valence-electron chi connectivity index (χ2n) is 7.44. The summed E-state index contributed by atoms with van der Waals surface area (Å²) < 4.78 is 0. The molecule has 0 aliphatic rings. The molecular weight excluding hydrogens is 312 g/mol. The Hall–Kier alpha value is -1.04. The van der Waals surface area contributed by atoms with Crippen molar-refractivity contribution in [1.29, 1.82) is 0 Å². The molecule has 0 bridgehead atoms. The Balaban J connectivity index is 3.46. The Labute approximate surface area is 165 Å². The van der Waals surface area contributed by atoms with E-state index in [1.165, 1.54) is 70.6 Å². The van der Waals surface area contributed by atoms with E-state index in [4.69, 9.17) is 0 Å². The number of allylic oxidation sites excluding steroid dienone is 8. The largest absolute Gasteiger partial charge is 0.0882 e. The van der Waals surface area contributed by atoms with Gasteiger partial charge in [-0.05, 0) is 50.9 Å². The first kappa shape index (κ1) is 25.0. The summed E-state index contributed by atoms with van der Waals surface area (Å²) in [5.74, 6) is 0.969. The zero-order valence-electron chi connectivity index (χ0n) is 18.1.